The first kappa shape index (κ1) is 33.3. The lowest BCUT2D eigenvalue weighted by Crippen LogP contribution is -2.01. The standard InChI is InChI=1S/C56H37N3/c1-5-15-38(16-6-1)42-26-29-53-50(35-42)51-36-43(39-17-7-2-8-18-39)27-30-54(51)58(53)47-34-44(40-19-9-3-10-20-40)33-46(37-47)57-32-31-41-25-28-49-48-23-13-14-24-52(48)59(56(49)55(41)57)45-21-11-4-12-22-45/h1-37H. The van der Waals surface area contributed by atoms with E-state index in [0.717, 1.165) is 22.6 Å². The first-order valence-electron chi connectivity index (χ1n) is 20.3. The van der Waals surface area contributed by atoms with Crippen LogP contribution in [0.25, 0.3) is 105 Å². The molecule has 0 unspecified atom stereocenters. The fraction of sp³-hybridized carbons (Fsp3) is 0. The maximum absolute atomic E-state index is 2.46. The third kappa shape index (κ3) is 5.36. The minimum atomic E-state index is 1.10. The molecule has 12 aromatic rings. The Bertz CT molecular complexity index is 3420. The number of hydrogen-bond acceptors (Lipinski definition) is 0. The Labute approximate surface area is 341 Å². The van der Waals surface area contributed by atoms with Crippen LogP contribution in [0.3, 0.4) is 0 Å². The zero-order valence-electron chi connectivity index (χ0n) is 32.2. The van der Waals surface area contributed by atoms with Gasteiger partial charge in [0, 0.05) is 50.2 Å². The number of fused-ring (bicyclic) bond motifs is 8. The van der Waals surface area contributed by atoms with Gasteiger partial charge in [0.1, 0.15) is 0 Å². The van der Waals surface area contributed by atoms with Crippen LogP contribution in [0, 0.1) is 0 Å². The summed E-state index contributed by atoms with van der Waals surface area (Å²) in [7, 11) is 0. The summed E-state index contributed by atoms with van der Waals surface area (Å²) in [6.45, 7) is 0. The summed E-state index contributed by atoms with van der Waals surface area (Å²) in [5.74, 6) is 0. The van der Waals surface area contributed by atoms with E-state index >= 15 is 0 Å². The largest absolute Gasteiger partial charge is 0.315 e. The van der Waals surface area contributed by atoms with Crippen molar-refractivity contribution in [3.63, 3.8) is 0 Å². The van der Waals surface area contributed by atoms with Gasteiger partial charge in [-0.15, -0.1) is 0 Å². The normalized spacial score (nSPS) is 11.7. The van der Waals surface area contributed by atoms with Gasteiger partial charge < -0.3 is 13.7 Å². The molecule has 0 saturated carbocycles. The molecule has 3 nitrogen and oxygen atoms in total. The van der Waals surface area contributed by atoms with Crippen LogP contribution in [0.5, 0.6) is 0 Å². The van der Waals surface area contributed by atoms with Gasteiger partial charge in [0.2, 0.25) is 0 Å². The molecule has 0 amide bonds. The van der Waals surface area contributed by atoms with E-state index in [-0.39, 0.29) is 0 Å². The van der Waals surface area contributed by atoms with Crippen molar-refractivity contribution >= 4 is 54.5 Å². The molecule has 0 aliphatic carbocycles. The van der Waals surface area contributed by atoms with Crippen LogP contribution in [0.4, 0.5) is 0 Å². The molecule has 0 aliphatic heterocycles. The lowest BCUT2D eigenvalue weighted by Gasteiger charge is -2.16. The third-order valence-corrected chi connectivity index (χ3v) is 12.0. The van der Waals surface area contributed by atoms with Crippen molar-refractivity contribution in [3.8, 4) is 50.4 Å². The average Bonchev–Trinajstić information content (AvgIpc) is 4.00. The predicted molar refractivity (Wildman–Crippen MR) is 248 cm³/mol. The number of benzene rings is 9. The summed E-state index contributed by atoms with van der Waals surface area (Å²) < 4.78 is 7.31. The van der Waals surface area contributed by atoms with Crippen molar-refractivity contribution in [2.45, 2.75) is 0 Å². The number of para-hydroxylation sites is 2. The van der Waals surface area contributed by atoms with Crippen LogP contribution >= 0.6 is 0 Å². The molecule has 276 valence electrons. The van der Waals surface area contributed by atoms with Crippen LogP contribution in [-0.2, 0) is 0 Å². The Hall–Kier alpha value is -7.88. The summed E-state index contributed by atoms with van der Waals surface area (Å²) >= 11 is 0. The summed E-state index contributed by atoms with van der Waals surface area (Å²) in [6.07, 6.45) is 2.25. The molecule has 0 N–H and O–H groups in total. The van der Waals surface area contributed by atoms with E-state index in [1.165, 1.54) is 82.3 Å². The molecule has 12 rings (SSSR count). The number of aromatic nitrogens is 3. The van der Waals surface area contributed by atoms with Crippen LogP contribution in [0.1, 0.15) is 0 Å². The summed E-state index contributed by atoms with van der Waals surface area (Å²) in [6, 6.07) is 79.5. The van der Waals surface area contributed by atoms with Gasteiger partial charge in [-0.05, 0) is 100 Å². The van der Waals surface area contributed by atoms with E-state index in [1.54, 1.807) is 0 Å². The van der Waals surface area contributed by atoms with Gasteiger partial charge in [-0.1, -0.05) is 152 Å². The number of nitrogens with zero attached hydrogens (tertiary/aromatic N) is 3. The molecule has 3 heterocycles. The van der Waals surface area contributed by atoms with E-state index in [4.69, 9.17) is 0 Å². The van der Waals surface area contributed by atoms with E-state index in [9.17, 15) is 0 Å². The molecule has 0 spiro atoms. The highest BCUT2D eigenvalue weighted by Gasteiger charge is 2.20. The molecule has 59 heavy (non-hydrogen) atoms. The van der Waals surface area contributed by atoms with E-state index in [2.05, 4.69) is 238 Å². The first-order chi connectivity index (χ1) is 29.3. The second-order valence-electron chi connectivity index (χ2n) is 15.4. The van der Waals surface area contributed by atoms with Crippen molar-refractivity contribution in [3.05, 3.63) is 225 Å². The molecule has 9 aromatic carbocycles. The lowest BCUT2D eigenvalue weighted by molar-refractivity contribution is 1.10. The van der Waals surface area contributed by atoms with Crippen LogP contribution < -0.4 is 0 Å². The summed E-state index contributed by atoms with van der Waals surface area (Å²) in [4.78, 5) is 0. The lowest BCUT2D eigenvalue weighted by atomic mass is 10.0. The monoisotopic (exact) mass is 751 g/mol. The Morgan fingerprint density at radius 3 is 1.41 bits per heavy atom. The Morgan fingerprint density at radius 2 is 0.780 bits per heavy atom. The average molecular weight is 752 g/mol. The van der Waals surface area contributed by atoms with Crippen molar-refractivity contribution in [1.29, 1.82) is 0 Å². The maximum Gasteiger partial charge on any atom is 0.0788 e. The highest BCUT2D eigenvalue weighted by molar-refractivity contribution is 6.18. The molecule has 3 heteroatoms. The molecule has 0 aliphatic rings. The smallest absolute Gasteiger partial charge is 0.0788 e. The predicted octanol–water partition coefficient (Wildman–Crippen LogP) is 14.8. The number of hydrogen-bond donors (Lipinski definition) is 0. The molecule has 0 atom stereocenters. The Morgan fingerprint density at radius 1 is 0.254 bits per heavy atom. The molecule has 3 aromatic heterocycles. The minimum absolute atomic E-state index is 1.10. The molecule has 0 saturated heterocycles. The quantitative estimate of drug-likeness (QED) is 0.161. The zero-order chi connectivity index (χ0) is 38.9. The van der Waals surface area contributed by atoms with E-state index < -0.39 is 0 Å². The van der Waals surface area contributed by atoms with Crippen molar-refractivity contribution in [2.75, 3.05) is 0 Å². The van der Waals surface area contributed by atoms with Gasteiger partial charge in [-0.25, -0.2) is 0 Å². The Kier molecular flexibility index (Phi) is 7.54. The summed E-state index contributed by atoms with van der Waals surface area (Å²) in [5, 5.41) is 6.14. The minimum Gasteiger partial charge on any atom is -0.315 e. The van der Waals surface area contributed by atoms with Gasteiger partial charge >= 0.3 is 0 Å². The Balaban J connectivity index is 1.16. The van der Waals surface area contributed by atoms with Gasteiger partial charge in [0.05, 0.1) is 27.6 Å². The molecule has 0 bridgehead atoms. The van der Waals surface area contributed by atoms with Crippen LogP contribution in [0.15, 0.2) is 225 Å². The van der Waals surface area contributed by atoms with Gasteiger partial charge in [-0.3, -0.25) is 0 Å². The fourth-order valence-corrected chi connectivity index (χ4v) is 9.32. The molecule has 0 radical (unpaired) electrons. The molecule has 0 fully saturated rings. The molecular formula is C56H37N3. The highest BCUT2D eigenvalue weighted by atomic mass is 15.0. The first-order valence-corrected chi connectivity index (χ1v) is 20.3. The third-order valence-electron chi connectivity index (χ3n) is 12.0. The van der Waals surface area contributed by atoms with Gasteiger partial charge in [-0.2, -0.15) is 0 Å². The van der Waals surface area contributed by atoms with E-state index in [0.29, 0.717) is 0 Å². The summed E-state index contributed by atoms with van der Waals surface area (Å²) in [5.41, 5.74) is 16.4. The van der Waals surface area contributed by atoms with Crippen molar-refractivity contribution < 1.29 is 0 Å². The van der Waals surface area contributed by atoms with Gasteiger partial charge in [0.25, 0.3) is 0 Å². The zero-order valence-corrected chi connectivity index (χ0v) is 32.2. The fourth-order valence-electron chi connectivity index (χ4n) is 9.32. The van der Waals surface area contributed by atoms with Crippen molar-refractivity contribution in [1.82, 2.24) is 13.7 Å². The van der Waals surface area contributed by atoms with Gasteiger partial charge in [0.15, 0.2) is 0 Å². The second-order valence-corrected chi connectivity index (χ2v) is 15.4. The maximum atomic E-state index is 2.46. The van der Waals surface area contributed by atoms with Crippen molar-refractivity contribution in [2.24, 2.45) is 0 Å². The SMILES string of the molecule is c1ccc(-c2cc(-n3ccc4ccc5c6ccccc6n(-c6ccccc6)c5c43)cc(-n3c4ccc(-c5ccccc5)cc4c4cc(-c5ccccc5)ccc43)c2)cc1. The van der Waals surface area contributed by atoms with E-state index in [1.807, 2.05) is 0 Å². The second kappa shape index (κ2) is 13.4. The number of rotatable bonds is 6. The van der Waals surface area contributed by atoms with Crippen LogP contribution in [0.2, 0.25) is 0 Å². The molecular weight excluding hydrogens is 715 g/mol. The highest BCUT2D eigenvalue weighted by Crippen LogP contribution is 2.41. The topological polar surface area (TPSA) is 14.8 Å². The van der Waals surface area contributed by atoms with Crippen LogP contribution in [-0.4, -0.2) is 13.7 Å².